The Kier molecular flexibility index (Phi) is 5.74. The van der Waals surface area contributed by atoms with Gasteiger partial charge >= 0.3 is 0 Å². The predicted octanol–water partition coefficient (Wildman–Crippen LogP) is 4.96. The maximum atomic E-state index is 13.1. The van der Waals surface area contributed by atoms with Crippen molar-refractivity contribution in [3.8, 4) is 0 Å². The Hall–Kier alpha value is -2.19. The van der Waals surface area contributed by atoms with Crippen molar-refractivity contribution in [2.75, 3.05) is 0 Å². The lowest BCUT2D eigenvalue weighted by molar-refractivity contribution is 0.512. The summed E-state index contributed by atoms with van der Waals surface area (Å²) in [6.45, 7) is 9.27. The van der Waals surface area contributed by atoms with Crippen LogP contribution in [-0.2, 0) is 12.3 Å². The molecule has 0 radical (unpaired) electrons. The van der Waals surface area contributed by atoms with Crippen molar-refractivity contribution in [3.63, 3.8) is 0 Å². The van der Waals surface area contributed by atoms with Crippen molar-refractivity contribution in [1.82, 2.24) is 24.1 Å². The Morgan fingerprint density at radius 2 is 1.93 bits per heavy atom. The van der Waals surface area contributed by atoms with E-state index in [-0.39, 0.29) is 5.56 Å². The van der Waals surface area contributed by atoms with Crippen LogP contribution >= 0.6 is 23.1 Å². The molecule has 0 aliphatic rings. The van der Waals surface area contributed by atoms with Crippen LogP contribution in [0.4, 0.5) is 0 Å². The van der Waals surface area contributed by atoms with Crippen molar-refractivity contribution < 1.29 is 0 Å². The van der Waals surface area contributed by atoms with Gasteiger partial charge in [-0.1, -0.05) is 51.6 Å². The minimum atomic E-state index is -0.00113. The van der Waals surface area contributed by atoms with Gasteiger partial charge in [0.25, 0.3) is 5.56 Å². The third kappa shape index (κ3) is 3.96. The van der Waals surface area contributed by atoms with Gasteiger partial charge in [-0.2, -0.15) is 0 Å². The molecule has 4 aromatic rings. The number of nitrogens with zero attached hydrogens (tertiary/aromatic N) is 5. The van der Waals surface area contributed by atoms with Crippen LogP contribution in [0.1, 0.15) is 50.7 Å². The maximum absolute atomic E-state index is 13.1. The molecule has 6 nitrogen and oxygen atoms in total. The molecule has 8 heteroatoms. The zero-order valence-corrected chi connectivity index (χ0v) is 18.8. The van der Waals surface area contributed by atoms with Crippen LogP contribution < -0.4 is 5.56 Å². The largest absolute Gasteiger partial charge is 0.276 e. The Labute approximate surface area is 178 Å². The average Bonchev–Trinajstić information content (AvgIpc) is 3.33. The molecule has 0 N–H and O–H groups in total. The number of para-hydroxylation sites is 1. The highest BCUT2D eigenvalue weighted by Gasteiger charge is 2.17. The van der Waals surface area contributed by atoms with Gasteiger partial charge in [0.2, 0.25) is 5.78 Å². The van der Waals surface area contributed by atoms with Gasteiger partial charge in [0, 0.05) is 23.6 Å². The first-order valence-electron chi connectivity index (χ1n) is 9.89. The number of fused-ring (bicyclic) bond motifs is 3. The summed E-state index contributed by atoms with van der Waals surface area (Å²) in [5, 5.41) is 13.6. The molecule has 3 aromatic heterocycles. The minimum Gasteiger partial charge on any atom is -0.276 e. The lowest BCUT2D eigenvalue weighted by Crippen LogP contribution is -2.24. The first-order valence-corrected chi connectivity index (χ1v) is 11.8. The van der Waals surface area contributed by atoms with Crippen molar-refractivity contribution >= 4 is 39.8 Å². The minimum absolute atomic E-state index is 0.00113. The van der Waals surface area contributed by atoms with E-state index in [1.165, 1.54) is 0 Å². The summed E-state index contributed by atoms with van der Waals surface area (Å²) in [6, 6.07) is 7.70. The molecule has 4 rings (SSSR count). The van der Waals surface area contributed by atoms with E-state index in [0.29, 0.717) is 29.5 Å². The molecule has 0 saturated heterocycles. The van der Waals surface area contributed by atoms with E-state index in [0.717, 1.165) is 33.5 Å². The van der Waals surface area contributed by atoms with Crippen LogP contribution in [0.2, 0.25) is 0 Å². The van der Waals surface area contributed by atoms with Crippen molar-refractivity contribution in [2.24, 2.45) is 5.92 Å². The van der Waals surface area contributed by atoms with Gasteiger partial charge in [0.15, 0.2) is 5.16 Å². The fraction of sp³-hybridized carbons (Fsp3) is 0.429. The molecule has 29 heavy (non-hydrogen) atoms. The molecule has 0 saturated carbocycles. The SMILES string of the molecule is CC(C)CCn1c(=O)c2ccccc2n2c(SCc3csc(C(C)C)n3)nnc12. The molecule has 0 bridgehead atoms. The number of hydrogen-bond donors (Lipinski definition) is 0. The van der Waals surface area contributed by atoms with Gasteiger partial charge in [-0.05, 0) is 24.5 Å². The van der Waals surface area contributed by atoms with E-state index in [4.69, 9.17) is 4.98 Å². The van der Waals surface area contributed by atoms with E-state index in [2.05, 4.69) is 43.3 Å². The molecule has 3 heterocycles. The summed E-state index contributed by atoms with van der Waals surface area (Å²) < 4.78 is 3.77. The quantitative estimate of drug-likeness (QED) is 0.390. The van der Waals surface area contributed by atoms with E-state index < -0.39 is 0 Å². The number of rotatable bonds is 7. The Morgan fingerprint density at radius 1 is 1.14 bits per heavy atom. The van der Waals surface area contributed by atoms with Crippen molar-refractivity contribution in [1.29, 1.82) is 0 Å². The van der Waals surface area contributed by atoms with Gasteiger partial charge in [-0.3, -0.25) is 13.8 Å². The van der Waals surface area contributed by atoms with E-state index in [1.54, 1.807) is 27.7 Å². The molecule has 0 unspecified atom stereocenters. The van der Waals surface area contributed by atoms with Crippen LogP contribution in [0.25, 0.3) is 16.7 Å². The number of aryl methyl sites for hydroxylation is 1. The normalized spacial score (nSPS) is 12.1. The summed E-state index contributed by atoms with van der Waals surface area (Å²) in [4.78, 5) is 17.8. The topological polar surface area (TPSA) is 65.1 Å². The highest BCUT2D eigenvalue weighted by Crippen LogP contribution is 2.27. The fourth-order valence-electron chi connectivity index (χ4n) is 3.21. The number of hydrogen-bond acceptors (Lipinski definition) is 6. The molecule has 0 aliphatic heterocycles. The zero-order valence-electron chi connectivity index (χ0n) is 17.1. The van der Waals surface area contributed by atoms with Gasteiger partial charge in [0.1, 0.15) is 0 Å². The Balaban J connectivity index is 1.76. The summed E-state index contributed by atoms with van der Waals surface area (Å²) in [5.74, 6) is 2.28. The zero-order chi connectivity index (χ0) is 20.5. The summed E-state index contributed by atoms with van der Waals surface area (Å²) in [6.07, 6.45) is 0.917. The number of thioether (sulfide) groups is 1. The van der Waals surface area contributed by atoms with Crippen LogP contribution in [0.3, 0.4) is 0 Å². The highest BCUT2D eigenvalue weighted by atomic mass is 32.2. The lowest BCUT2D eigenvalue weighted by Gasteiger charge is -2.12. The van der Waals surface area contributed by atoms with E-state index >= 15 is 0 Å². The Bertz CT molecular complexity index is 1200. The van der Waals surface area contributed by atoms with Crippen molar-refractivity contribution in [2.45, 2.75) is 57.5 Å². The average molecular weight is 428 g/mol. The van der Waals surface area contributed by atoms with Crippen LogP contribution in [0.15, 0.2) is 39.6 Å². The molecule has 0 amide bonds. The van der Waals surface area contributed by atoms with Gasteiger partial charge in [-0.15, -0.1) is 21.5 Å². The van der Waals surface area contributed by atoms with E-state index in [9.17, 15) is 4.79 Å². The van der Waals surface area contributed by atoms with Crippen LogP contribution in [-0.4, -0.2) is 24.1 Å². The standard InChI is InChI=1S/C21H25N5OS2/c1-13(2)9-10-25-19(27)16-7-5-6-8-17(16)26-20(25)23-24-21(26)29-12-15-11-28-18(22-15)14(3)4/h5-8,11,13-14H,9-10,12H2,1-4H3. The Morgan fingerprint density at radius 3 is 2.66 bits per heavy atom. The lowest BCUT2D eigenvalue weighted by atomic mass is 10.1. The smallest absolute Gasteiger partial charge is 0.262 e. The van der Waals surface area contributed by atoms with Crippen molar-refractivity contribution in [3.05, 3.63) is 50.7 Å². The van der Waals surface area contributed by atoms with Gasteiger partial charge in [0.05, 0.1) is 21.6 Å². The number of thiazole rings is 1. The van der Waals surface area contributed by atoms with Crippen LogP contribution in [0, 0.1) is 5.92 Å². The summed E-state index contributed by atoms with van der Waals surface area (Å²) in [7, 11) is 0. The molecule has 0 spiro atoms. The summed E-state index contributed by atoms with van der Waals surface area (Å²) >= 11 is 3.31. The molecular formula is C21H25N5OS2. The maximum Gasteiger partial charge on any atom is 0.262 e. The van der Waals surface area contributed by atoms with Gasteiger partial charge in [-0.25, -0.2) is 4.98 Å². The van der Waals surface area contributed by atoms with Crippen LogP contribution in [0.5, 0.6) is 0 Å². The highest BCUT2D eigenvalue weighted by molar-refractivity contribution is 7.98. The molecule has 152 valence electrons. The first kappa shape index (κ1) is 20.1. The monoisotopic (exact) mass is 427 g/mol. The second-order valence-corrected chi connectivity index (χ2v) is 9.73. The third-order valence-corrected chi connectivity index (χ3v) is 6.98. The molecule has 0 atom stereocenters. The molecule has 1 aromatic carbocycles. The molecular weight excluding hydrogens is 402 g/mol. The fourth-order valence-corrected chi connectivity index (χ4v) is 4.98. The third-order valence-electron chi connectivity index (χ3n) is 4.82. The molecule has 0 fully saturated rings. The van der Waals surface area contributed by atoms with Gasteiger partial charge < -0.3 is 0 Å². The number of aromatic nitrogens is 5. The van der Waals surface area contributed by atoms with E-state index in [1.807, 2.05) is 28.7 Å². The second-order valence-electron chi connectivity index (χ2n) is 7.89. The second kappa shape index (κ2) is 8.28. The predicted molar refractivity (Wildman–Crippen MR) is 120 cm³/mol. The number of benzene rings is 1. The molecule has 0 aliphatic carbocycles. The first-order chi connectivity index (χ1) is 14.0. The summed E-state index contributed by atoms with van der Waals surface area (Å²) in [5.41, 5.74) is 1.90.